The zero-order chi connectivity index (χ0) is 17.6. The third kappa shape index (κ3) is 2.61. The first-order valence-corrected chi connectivity index (χ1v) is 8.34. The first-order valence-electron chi connectivity index (χ1n) is 8.34. The quantitative estimate of drug-likeness (QED) is 0.769. The van der Waals surface area contributed by atoms with Gasteiger partial charge in [-0.15, -0.1) is 0 Å². The van der Waals surface area contributed by atoms with E-state index in [2.05, 4.69) is 15.4 Å². The Kier molecular flexibility index (Phi) is 3.63. The van der Waals surface area contributed by atoms with Gasteiger partial charge in [0.15, 0.2) is 0 Å². The van der Waals surface area contributed by atoms with Crippen LogP contribution in [-0.4, -0.2) is 25.1 Å². The minimum absolute atomic E-state index is 0.0547. The van der Waals surface area contributed by atoms with Crippen LogP contribution in [0.15, 0.2) is 35.5 Å². The molecule has 3 aromatic rings. The highest BCUT2D eigenvalue weighted by Crippen LogP contribution is 2.29. The zero-order valence-corrected chi connectivity index (χ0v) is 14.2. The van der Waals surface area contributed by atoms with Gasteiger partial charge in [0.25, 0.3) is 11.5 Å². The summed E-state index contributed by atoms with van der Waals surface area (Å²) >= 11 is 0. The fourth-order valence-electron chi connectivity index (χ4n) is 3.43. The van der Waals surface area contributed by atoms with Crippen LogP contribution in [0.4, 0.5) is 0 Å². The number of aromatic nitrogens is 4. The fraction of sp³-hybridized carbons (Fsp3) is 0.333. The predicted octanol–water partition coefficient (Wildman–Crippen LogP) is 1.54. The molecule has 25 heavy (non-hydrogen) atoms. The Labute approximate surface area is 144 Å². The maximum Gasteiger partial charge on any atom is 0.270 e. The van der Waals surface area contributed by atoms with Crippen LogP contribution in [0.2, 0.25) is 0 Å². The van der Waals surface area contributed by atoms with E-state index in [1.54, 1.807) is 18.5 Å². The third-order valence-corrected chi connectivity index (χ3v) is 4.78. The average Bonchev–Trinajstić information content (AvgIpc) is 2.98. The van der Waals surface area contributed by atoms with E-state index in [9.17, 15) is 9.59 Å². The first-order chi connectivity index (χ1) is 12.0. The van der Waals surface area contributed by atoms with Crippen LogP contribution >= 0.6 is 0 Å². The minimum Gasteiger partial charge on any atom is -0.345 e. The number of aryl methyl sites for hydroxylation is 2. The monoisotopic (exact) mass is 337 g/mol. The van der Waals surface area contributed by atoms with E-state index >= 15 is 0 Å². The van der Waals surface area contributed by atoms with Crippen molar-refractivity contribution in [3.8, 4) is 0 Å². The van der Waals surface area contributed by atoms with Gasteiger partial charge in [-0.2, -0.15) is 5.10 Å². The number of nitrogens with one attached hydrogen (secondary N) is 1. The molecule has 3 heterocycles. The lowest BCUT2D eigenvalue weighted by Crippen LogP contribution is -2.35. The van der Waals surface area contributed by atoms with Gasteiger partial charge in [-0.25, -0.2) is 4.98 Å². The summed E-state index contributed by atoms with van der Waals surface area (Å²) in [4.78, 5) is 29.6. The van der Waals surface area contributed by atoms with Crippen molar-refractivity contribution in [3.63, 3.8) is 0 Å². The van der Waals surface area contributed by atoms with Gasteiger partial charge >= 0.3 is 0 Å². The highest BCUT2D eigenvalue weighted by molar-refractivity contribution is 5.94. The Morgan fingerprint density at radius 2 is 2.16 bits per heavy atom. The van der Waals surface area contributed by atoms with E-state index in [-0.39, 0.29) is 17.2 Å². The number of carbonyl (C=O) groups is 1. The van der Waals surface area contributed by atoms with Crippen LogP contribution in [0, 0.1) is 6.92 Å². The molecule has 1 amide bonds. The van der Waals surface area contributed by atoms with Crippen molar-refractivity contribution in [2.75, 3.05) is 0 Å². The summed E-state index contributed by atoms with van der Waals surface area (Å²) in [6, 6.07) is 3.53. The molecule has 0 unspecified atom stereocenters. The van der Waals surface area contributed by atoms with Crippen LogP contribution in [0.1, 0.15) is 46.1 Å². The van der Waals surface area contributed by atoms with Crippen molar-refractivity contribution >= 4 is 11.6 Å². The summed E-state index contributed by atoms with van der Waals surface area (Å²) in [5.41, 5.74) is 3.33. The lowest BCUT2D eigenvalue weighted by molar-refractivity contribution is 0.0930. The largest absolute Gasteiger partial charge is 0.345 e. The summed E-state index contributed by atoms with van der Waals surface area (Å²) in [6.07, 6.45) is 7.63. The second-order valence-electron chi connectivity index (χ2n) is 6.50. The highest BCUT2D eigenvalue weighted by Gasteiger charge is 2.26. The molecule has 0 aromatic carbocycles. The Morgan fingerprint density at radius 1 is 1.32 bits per heavy atom. The molecule has 0 saturated heterocycles. The van der Waals surface area contributed by atoms with E-state index in [1.807, 2.05) is 24.7 Å². The van der Waals surface area contributed by atoms with Gasteiger partial charge < -0.3 is 5.32 Å². The number of hydrogen-bond acceptors (Lipinski definition) is 4. The molecule has 0 spiro atoms. The van der Waals surface area contributed by atoms with Gasteiger partial charge in [0.1, 0.15) is 11.2 Å². The highest BCUT2D eigenvalue weighted by atomic mass is 16.2. The molecule has 0 radical (unpaired) electrons. The van der Waals surface area contributed by atoms with Crippen LogP contribution in [0.25, 0.3) is 5.65 Å². The Balaban J connectivity index is 1.67. The number of nitrogens with zero attached hydrogens (tertiary/aromatic N) is 4. The predicted molar refractivity (Wildman–Crippen MR) is 92.6 cm³/mol. The molecule has 0 aliphatic heterocycles. The molecule has 1 N–H and O–H groups in total. The molecule has 0 fully saturated rings. The summed E-state index contributed by atoms with van der Waals surface area (Å²) in [7, 11) is 1.91. The molecule has 1 atom stereocenters. The van der Waals surface area contributed by atoms with E-state index in [0.29, 0.717) is 5.65 Å². The Bertz CT molecular complexity index is 1030. The van der Waals surface area contributed by atoms with Crippen molar-refractivity contribution in [2.24, 2.45) is 7.05 Å². The molecule has 1 aliphatic carbocycles. The van der Waals surface area contributed by atoms with Gasteiger partial charge in [-0.3, -0.25) is 18.7 Å². The van der Waals surface area contributed by atoms with Gasteiger partial charge in [-0.1, -0.05) is 6.07 Å². The number of carbonyl (C=O) groups excluding carboxylic acids is 1. The number of fused-ring (bicyclic) bond motifs is 2. The summed E-state index contributed by atoms with van der Waals surface area (Å²) in [5.74, 6) is -0.393. The van der Waals surface area contributed by atoms with Crippen molar-refractivity contribution in [3.05, 3.63) is 63.5 Å². The topological polar surface area (TPSA) is 81.3 Å². The fourth-order valence-corrected chi connectivity index (χ4v) is 3.43. The number of rotatable bonds is 2. The summed E-state index contributed by atoms with van der Waals surface area (Å²) in [5, 5.41) is 7.26. The Morgan fingerprint density at radius 3 is 3.00 bits per heavy atom. The SMILES string of the molecule is Cc1ccc2ncc(C(=O)N[C@@H]3CCCc4c3cnn4C)c(=O)n2c1. The molecule has 0 saturated carbocycles. The molecule has 1 aliphatic rings. The number of hydrogen-bond donors (Lipinski definition) is 1. The lowest BCUT2D eigenvalue weighted by Gasteiger charge is -2.23. The van der Waals surface area contributed by atoms with Gasteiger partial charge in [-0.05, 0) is 37.8 Å². The second-order valence-corrected chi connectivity index (χ2v) is 6.50. The van der Waals surface area contributed by atoms with Crippen LogP contribution in [0.5, 0.6) is 0 Å². The molecule has 7 heteroatoms. The van der Waals surface area contributed by atoms with Crippen LogP contribution in [0.3, 0.4) is 0 Å². The van der Waals surface area contributed by atoms with Crippen molar-refractivity contribution in [1.82, 2.24) is 24.5 Å². The maximum atomic E-state index is 12.7. The molecule has 4 rings (SSSR count). The first kappa shape index (κ1) is 15.6. The van der Waals surface area contributed by atoms with Gasteiger partial charge in [0, 0.05) is 30.7 Å². The summed E-state index contributed by atoms with van der Waals surface area (Å²) < 4.78 is 3.27. The molecule has 0 bridgehead atoms. The van der Waals surface area contributed by atoms with Gasteiger partial charge in [0.05, 0.1) is 12.2 Å². The molecule has 128 valence electrons. The second kappa shape index (κ2) is 5.84. The lowest BCUT2D eigenvalue weighted by atomic mass is 9.93. The van der Waals surface area contributed by atoms with Gasteiger partial charge in [0.2, 0.25) is 0 Å². The molecule has 7 nitrogen and oxygen atoms in total. The van der Waals surface area contributed by atoms with E-state index in [0.717, 1.165) is 36.1 Å². The number of pyridine rings is 1. The van der Waals surface area contributed by atoms with E-state index < -0.39 is 5.91 Å². The standard InChI is InChI=1S/C18H19N5O2/c1-11-6-7-16-19-8-13(18(25)23(16)10-11)17(24)21-14-4-3-5-15-12(14)9-20-22(15)2/h6-10,14H,3-5H2,1-2H3,(H,21,24)/t14-/m1/s1. The minimum atomic E-state index is -0.393. The van der Waals surface area contributed by atoms with Crippen molar-refractivity contribution in [1.29, 1.82) is 0 Å². The average molecular weight is 337 g/mol. The summed E-state index contributed by atoms with van der Waals surface area (Å²) in [6.45, 7) is 1.89. The van der Waals surface area contributed by atoms with Crippen molar-refractivity contribution < 1.29 is 4.79 Å². The zero-order valence-electron chi connectivity index (χ0n) is 14.2. The molecular weight excluding hydrogens is 318 g/mol. The molecule has 3 aromatic heterocycles. The van der Waals surface area contributed by atoms with Crippen LogP contribution < -0.4 is 10.9 Å². The third-order valence-electron chi connectivity index (χ3n) is 4.78. The maximum absolute atomic E-state index is 12.7. The van der Waals surface area contributed by atoms with E-state index in [4.69, 9.17) is 0 Å². The Hall–Kier alpha value is -2.96. The molecular formula is C18H19N5O2. The van der Waals surface area contributed by atoms with Crippen LogP contribution in [-0.2, 0) is 13.5 Å². The smallest absolute Gasteiger partial charge is 0.270 e. The number of amides is 1. The normalized spacial score (nSPS) is 16.6. The van der Waals surface area contributed by atoms with Crippen molar-refractivity contribution in [2.45, 2.75) is 32.2 Å². The van der Waals surface area contributed by atoms with E-state index in [1.165, 1.54) is 10.6 Å².